The molecule has 4 unspecified atom stereocenters. The van der Waals surface area contributed by atoms with Crippen molar-refractivity contribution in [1.82, 2.24) is 44.9 Å². The van der Waals surface area contributed by atoms with Gasteiger partial charge in [-0.1, -0.05) is 6.07 Å². The largest absolute Gasteiger partial charge is 0.486 e. The fourth-order valence-electron chi connectivity index (χ4n) is 6.79. The maximum Gasteiger partial charge on any atom is 0.354 e. The number of benzene rings is 4. The molecule has 0 bridgehead atoms. The Bertz CT molecular complexity index is 3150. The van der Waals surface area contributed by atoms with Crippen molar-refractivity contribution in [2.75, 3.05) is 28.4 Å². The molecule has 4 atom stereocenters. The predicted octanol–water partition coefficient (Wildman–Crippen LogP) is 10.4. The molecule has 0 fully saturated rings. The smallest absolute Gasteiger partial charge is 0.354 e. The van der Waals surface area contributed by atoms with Crippen molar-refractivity contribution in [3.63, 3.8) is 0 Å². The second-order valence-electron chi connectivity index (χ2n) is 18.3. The number of carboxylic acids is 1. The molecule has 0 saturated heterocycles. The number of aliphatic hydroxyl groups is 4. The molecule has 0 amide bonds. The van der Waals surface area contributed by atoms with Crippen LogP contribution in [0.3, 0.4) is 0 Å². The van der Waals surface area contributed by atoms with Gasteiger partial charge in [-0.25, -0.2) is 29.7 Å². The third-order valence-corrected chi connectivity index (χ3v) is 10.5. The van der Waals surface area contributed by atoms with Crippen molar-refractivity contribution in [1.29, 1.82) is 0 Å². The summed E-state index contributed by atoms with van der Waals surface area (Å²) in [6.45, 7) is 14.1. The molecule has 9 rings (SSSR count). The number of halogens is 2. The zero-order valence-corrected chi connectivity index (χ0v) is 60.3. The molecular weight excluding hydrogens is 1860 g/mol. The minimum Gasteiger partial charge on any atom is -0.486 e. The van der Waals surface area contributed by atoms with E-state index in [9.17, 15) is 13.6 Å². The summed E-state index contributed by atoms with van der Waals surface area (Å²) in [6.07, 6.45) is 7.60. The number of hydrogen-bond donors (Lipinski definition) is 5. The Morgan fingerprint density at radius 3 is 0.933 bits per heavy atom. The van der Waals surface area contributed by atoms with Crippen LogP contribution in [-0.2, 0) is 81.4 Å². The number of ether oxygens (including phenoxy) is 4. The van der Waals surface area contributed by atoms with E-state index in [0.29, 0.717) is 58.9 Å². The topological polar surface area (TPSA) is 271 Å². The number of carbonyl (C=O) groups is 1. The second-order valence-corrected chi connectivity index (χ2v) is 18.3. The molecule has 0 saturated carbocycles. The van der Waals surface area contributed by atoms with Crippen molar-refractivity contribution in [2.45, 2.75) is 92.6 Å². The molecule has 19 nitrogen and oxygen atoms in total. The number of aromatic nitrogens is 9. The number of aryl methyl sites for hydroxylation is 4. The molecule has 5 N–H and O–H groups in total. The van der Waals surface area contributed by atoms with Gasteiger partial charge in [0.2, 0.25) is 0 Å². The van der Waals surface area contributed by atoms with Crippen LogP contribution in [0, 0.1) is 63.6 Å². The third kappa shape index (κ3) is 32.6. The second kappa shape index (κ2) is 46.4. The van der Waals surface area contributed by atoms with E-state index in [-0.39, 0.29) is 123 Å². The fraction of sp³-hybridized carbons (Fsp3) is 0.281. The zero-order valence-electron chi connectivity index (χ0n) is 50.8. The molecule has 487 valence electrons. The van der Waals surface area contributed by atoms with E-state index < -0.39 is 5.97 Å². The van der Waals surface area contributed by atoms with E-state index in [2.05, 4.69) is 69.1 Å². The van der Waals surface area contributed by atoms with Gasteiger partial charge in [-0.2, -0.15) is 0 Å². The molecule has 0 aliphatic rings. The average molecular weight is 1940 g/mol. The number of nitrogens with zero attached hydrogens (tertiary/aromatic N) is 9. The molecule has 0 aliphatic heterocycles. The molecule has 5 heterocycles. The Morgan fingerprint density at radius 1 is 0.449 bits per heavy atom. The van der Waals surface area contributed by atoms with Crippen molar-refractivity contribution in [3.8, 4) is 68.5 Å². The van der Waals surface area contributed by atoms with Crippen LogP contribution in [0.25, 0.3) is 45.0 Å². The Labute approximate surface area is 574 Å². The van der Waals surface area contributed by atoms with Crippen LogP contribution in [0.4, 0.5) is 8.78 Å². The van der Waals surface area contributed by atoms with E-state index in [0.717, 1.165) is 45.3 Å². The normalized spacial score (nSPS) is 10.9. The summed E-state index contributed by atoms with van der Waals surface area (Å²) in [5.41, 5.74) is 8.97. The summed E-state index contributed by atoms with van der Waals surface area (Å²) >= 11 is 0. The first-order chi connectivity index (χ1) is 40.6. The summed E-state index contributed by atoms with van der Waals surface area (Å²) in [5, 5.41) is 42.6. The van der Waals surface area contributed by atoms with Crippen molar-refractivity contribution >= 4 is 5.97 Å². The quantitative estimate of drug-likeness (QED) is 0.0671. The van der Waals surface area contributed by atoms with Crippen LogP contribution in [0.2, 0.25) is 0 Å². The third-order valence-electron chi connectivity index (χ3n) is 10.5. The summed E-state index contributed by atoms with van der Waals surface area (Å²) in [5.74, 6) is 0.266. The Morgan fingerprint density at radius 2 is 0.742 bits per heavy atom. The monoisotopic (exact) mass is 1940 g/mol. The standard InChI is InChI=1S/2C12H10FN2O.2C12H11N2O.C6H5NO2.2C5H12O2.3Ir.Pt/c2*1-8-7-14-11(12(15-8)16-2)9-3-5-10(13)6-4-9;2*1-9-8-13-11(12(14-9)15-2)10-6-4-3-5-7-10;8-6(9)5-3-1-2-4-7-5;2*1-4(6)3-5(2)7;;;;/h2*3,5-7H,1-2H3;2*3-6,8H,1-2H3;1-4H,(H,8,9);2*4-7H,3H2,1-2H3;;;;/q4*-1;;;;;;;. The van der Waals surface area contributed by atoms with Gasteiger partial charge in [0.1, 0.15) is 5.69 Å². The predicted molar refractivity (Wildman–Crippen MR) is 317 cm³/mol. The van der Waals surface area contributed by atoms with Crippen LogP contribution in [0.5, 0.6) is 23.5 Å². The van der Waals surface area contributed by atoms with Crippen LogP contribution < -0.4 is 18.9 Å². The molecule has 89 heavy (non-hydrogen) atoms. The van der Waals surface area contributed by atoms with Crippen LogP contribution in [-0.4, -0.2) is 129 Å². The van der Waals surface area contributed by atoms with Crippen LogP contribution in [0.15, 0.2) is 134 Å². The number of rotatable bonds is 13. The molecule has 3 radical (unpaired) electrons. The van der Waals surface area contributed by atoms with Crippen LogP contribution >= 0.6 is 0 Å². The molecule has 4 aromatic carbocycles. The minimum absolute atomic E-state index is 0. The molecule has 5 aromatic heterocycles. The van der Waals surface area contributed by atoms with Gasteiger partial charge >= 0.3 is 5.97 Å². The SMILES string of the molecule is CC(O)CC(C)O.CC(O)CC(C)O.COc1nc(C)cnc1-c1[c-]cc(F)cc1.COc1nc(C)cnc1-c1[c-]cc(F)cc1.COc1nc(C)cnc1-c1[c-]cccc1.COc1nc(C)cnc1-c1[c-]cccc1.O=C(O)c1ccccn1.[Ir].[Ir].[Ir].[Pt]. The van der Waals surface area contributed by atoms with Gasteiger partial charge in [0.05, 0.1) is 75.6 Å². The number of carboxylic acid groups (broad SMARTS) is 1. The van der Waals surface area contributed by atoms with E-state index >= 15 is 0 Å². The van der Waals surface area contributed by atoms with Gasteiger partial charge in [0.25, 0.3) is 0 Å². The Balaban J connectivity index is 0. The number of aliphatic hydroxyl groups excluding tert-OH is 4. The summed E-state index contributed by atoms with van der Waals surface area (Å²) in [4.78, 5) is 47.6. The van der Waals surface area contributed by atoms with Gasteiger partial charge in [-0.3, -0.25) is 28.7 Å². The molecule has 25 heteroatoms. The number of aromatic carboxylic acids is 1. The molecule has 9 aromatic rings. The van der Waals surface area contributed by atoms with E-state index in [1.54, 1.807) is 91.0 Å². The maximum atomic E-state index is 12.8. The minimum atomic E-state index is -0.990. The number of hydrogen-bond acceptors (Lipinski definition) is 18. The van der Waals surface area contributed by atoms with E-state index in [4.69, 9.17) is 44.5 Å². The van der Waals surface area contributed by atoms with Crippen molar-refractivity contribution in [2.24, 2.45) is 0 Å². The zero-order chi connectivity index (χ0) is 62.8. The summed E-state index contributed by atoms with van der Waals surface area (Å²) in [6, 6.07) is 40.2. The van der Waals surface area contributed by atoms with Gasteiger partial charge in [-0.15, -0.1) is 131 Å². The molecule has 0 spiro atoms. The number of pyridine rings is 1. The van der Waals surface area contributed by atoms with E-state index in [1.165, 1.54) is 50.7 Å². The van der Waals surface area contributed by atoms with Crippen molar-refractivity contribution in [3.05, 3.63) is 198 Å². The number of methoxy groups -OCH3 is 4. The van der Waals surface area contributed by atoms with Gasteiger partial charge in [-0.05, 0) is 80.4 Å². The molecule has 0 aliphatic carbocycles. The van der Waals surface area contributed by atoms with Gasteiger partial charge < -0.3 is 44.5 Å². The first-order valence-electron chi connectivity index (χ1n) is 26.3. The maximum absolute atomic E-state index is 12.8. The van der Waals surface area contributed by atoms with Gasteiger partial charge in [0, 0.05) is 147 Å². The first-order valence-corrected chi connectivity index (χ1v) is 26.3. The average Bonchev–Trinajstić information content (AvgIpc) is 3.57. The molecular formula is C64H71F2Ir3N9O10Pt-4. The van der Waals surface area contributed by atoms with Crippen LogP contribution in [0.1, 0.15) is 73.8 Å². The van der Waals surface area contributed by atoms with Gasteiger partial charge in [0.15, 0.2) is 23.5 Å². The van der Waals surface area contributed by atoms with E-state index in [1.807, 2.05) is 76.2 Å². The first kappa shape index (κ1) is 84.4. The van der Waals surface area contributed by atoms with Crippen molar-refractivity contribution < 1.29 is 139 Å². The Hall–Kier alpha value is -6.64. The fourth-order valence-corrected chi connectivity index (χ4v) is 6.79. The summed E-state index contributed by atoms with van der Waals surface area (Å²) < 4.78 is 46.1. The Kier molecular flexibility index (Phi) is 44.1. The summed E-state index contributed by atoms with van der Waals surface area (Å²) in [7, 11) is 6.23.